The minimum Gasteiger partial charge on any atom is -0.322 e. The fourth-order valence-corrected chi connectivity index (χ4v) is 4.67. The van der Waals surface area contributed by atoms with E-state index < -0.39 is 0 Å². The zero-order chi connectivity index (χ0) is 18.2. The Kier molecular flexibility index (Phi) is 4.97. The highest BCUT2D eigenvalue weighted by Gasteiger charge is 2.32. The van der Waals surface area contributed by atoms with Gasteiger partial charge < -0.3 is 4.90 Å². The van der Waals surface area contributed by atoms with Gasteiger partial charge in [0.05, 0.1) is 0 Å². The number of carbonyl (C=O) groups excluding carboxylic acids is 1. The number of thioether (sulfide) groups is 1. The molecule has 1 aliphatic rings. The van der Waals surface area contributed by atoms with Gasteiger partial charge in [0.25, 0.3) is 5.91 Å². The fraction of sp³-hybridized carbons (Fsp3) is 0.409. The van der Waals surface area contributed by atoms with Gasteiger partial charge in [-0.2, -0.15) is 0 Å². The lowest BCUT2D eigenvalue weighted by molar-refractivity contribution is 0.0760. The molecule has 1 atom stereocenters. The minimum absolute atomic E-state index is 0.104. The quantitative estimate of drug-likeness (QED) is 0.711. The molecule has 1 unspecified atom stereocenters. The molecule has 0 aliphatic carbocycles. The number of hydrogen-bond acceptors (Lipinski definition) is 2. The van der Waals surface area contributed by atoms with E-state index in [9.17, 15) is 4.79 Å². The first-order chi connectivity index (χ1) is 11.8. The van der Waals surface area contributed by atoms with Gasteiger partial charge in [-0.05, 0) is 48.1 Å². The SMILES string of the molecule is Cc1ccc(C2SCCN2C(=O)c2ccc(C(C)(C)C)cc2)c(C)c1. The van der Waals surface area contributed by atoms with E-state index in [1.165, 1.54) is 22.3 Å². The molecule has 1 aliphatic heterocycles. The van der Waals surface area contributed by atoms with Crippen molar-refractivity contribution in [1.29, 1.82) is 0 Å². The molecule has 1 heterocycles. The smallest absolute Gasteiger partial charge is 0.255 e. The maximum atomic E-state index is 13.1. The Hall–Kier alpha value is -1.74. The first-order valence-corrected chi connectivity index (χ1v) is 9.92. The molecule has 0 spiro atoms. The number of benzene rings is 2. The first kappa shape index (κ1) is 18.1. The van der Waals surface area contributed by atoms with Crippen LogP contribution in [0.5, 0.6) is 0 Å². The second-order valence-electron chi connectivity index (χ2n) is 7.91. The summed E-state index contributed by atoms with van der Waals surface area (Å²) in [5.74, 6) is 1.12. The van der Waals surface area contributed by atoms with Crippen LogP contribution in [0.2, 0.25) is 0 Å². The maximum absolute atomic E-state index is 13.1. The monoisotopic (exact) mass is 353 g/mol. The van der Waals surface area contributed by atoms with Crippen LogP contribution in [0, 0.1) is 13.8 Å². The molecule has 0 bridgehead atoms. The lowest BCUT2D eigenvalue weighted by Crippen LogP contribution is -2.30. The van der Waals surface area contributed by atoms with Gasteiger partial charge in [0, 0.05) is 17.9 Å². The van der Waals surface area contributed by atoms with Crippen LogP contribution in [-0.4, -0.2) is 23.1 Å². The van der Waals surface area contributed by atoms with Crippen LogP contribution in [-0.2, 0) is 5.41 Å². The molecule has 1 saturated heterocycles. The Morgan fingerprint density at radius 1 is 1.08 bits per heavy atom. The number of amides is 1. The molecule has 2 aromatic rings. The third-order valence-corrected chi connectivity index (χ3v) is 6.08. The van der Waals surface area contributed by atoms with Crippen LogP contribution in [0.1, 0.15) is 58.8 Å². The summed E-state index contributed by atoms with van der Waals surface area (Å²) in [6, 6.07) is 14.6. The predicted octanol–water partition coefficient (Wildman–Crippen LogP) is 5.49. The summed E-state index contributed by atoms with van der Waals surface area (Å²) < 4.78 is 0. The molecule has 0 aromatic heterocycles. The number of hydrogen-bond donors (Lipinski definition) is 0. The van der Waals surface area contributed by atoms with Gasteiger partial charge in [-0.15, -0.1) is 11.8 Å². The molecular weight excluding hydrogens is 326 g/mol. The Morgan fingerprint density at radius 2 is 1.76 bits per heavy atom. The van der Waals surface area contributed by atoms with Crippen LogP contribution in [0.15, 0.2) is 42.5 Å². The number of nitrogens with zero attached hydrogens (tertiary/aromatic N) is 1. The van der Waals surface area contributed by atoms with Crippen molar-refractivity contribution in [2.75, 3.05) is 12.3 Å². The lowest BCUT2D eigenvalue weighted by atomic mass is 9.86. The van der Waals surface area contributed by atoms with Crippen molar-refractivity contribution in [1.82, 2.24) is 4.90 Å². The molecule has 2 aromatic carbocycles. The highest BCUT2D eigenvalue weighted by molar-refractivity contribution is 7.99. The molecule has 0 radical (unpaired) electrons. The van der Waals surface area contributed by atoms with Crippen LogP contribution >= 0.6 is 11.8 Å². The van der Waals surface area contributed by atoms with E-state index in [0.717, 1.165) is 17.9 Å². The third-order valence-electron chi connectivity index (χ3n) is 4.84. The largest absolute Gasteiger partial charge is 0.322 e. The summed E-state index contributed by atoms with van der Waals surface area (Å²) >= 11 is 1.86. The van der Waals surface area contributed by atoms with Crippen LogP contribution in [0.4, 0.5) is 0 Å². The standard InChI is InChI=1S/C22H27NOS/c1-15-6-11-19(16(2)14-15)21-23(12-13-25-21)20(24)17-7-9-18(10-8-17)22(3,4)5/h6-11,14,21H,12-13H2,1-5H3. The van der Waals surface area contributed by atoms with Crippen molar-refractivity contribution < 1.29 is 4.79 Å². The van der Waals surface area contributed by atoms with E-state index in [-0.39, 0.29) is 16.7 Å². The van der Waals surface area contributed by atoms with Gasteiger partial charge in [0.15, 0.2) is 0 Å². The summed E-state index contributed by atoms with van der Waals surface area (Å²) in [5.41, 5.74) is 5.93. The van der Waals surface area contributed by atoms with E-state index in [0.29, 0.717) is 0 Å². The van der Waals surface area contributed by atoms with Crippen molar-refractivity contribution in [2.45, 2.75) is 45.4 Å². The van der Waals surface area contributed by atoms with Gasteiger partial charge in [0.2, 0.25) is 0 Å². The zero-order valence-electron chi connectivity index (χ0n) is 15.8. The summed E-state index contributed by atoms with van der Waals surface area (Å²) in [6.07, 6.45) is 0. The van der Waals surface area contributed by atoms with Crippen molar-refractivity contribution in [3.8, 4) is 0 Å². The Labute approximate surface area is 155 Å². The summed E-state index contributed by atoms with van der Waals surface area (Å²) in [5, 5.41) is 0.121. The molecule has 1 fully saturated rings. The van der Waals surface area contributed by atoms with Crippen molar-refractivity contribution in [2.24, 2.45) is 0 Å². The van der Waals surface area contributed by atoms with E-state index in [2.05, 4.69) is 65.0 Å². The number of aryl methyl sites for hydroxylation is 2. The topological polar surface area (TPSA) is 20.3 Å². The normalized spacial score (nSPS) is 17.8. The van der Waals surface area contributed by atoms with Gasteiger partial charge in [0.1, 0.15) is 5.37 Å². The Morgan fingerprint density at radius 3 is 2.36 bits per heavy atom. The maximum Gasteiger partial charge on any atom is 0.255 e. The highest BCUT2D eigenvalue weighted by atomic mass is 32.2. The molecule has 3 heteroatoms. The number of carbonyl (C=O) groups is 1. The number of rotatable bonds is 2. The highest BCUT2D eigenvalue weighted by Crippen LogP contribution is 2.40. The molecular formula is C22H27NOS. The van der Waals surface area contributed by atoms with Crippen LogP contribution in [0.25, 0.3) is 0 Å². The van der Waals surface area contributed by atoms with Gasteiger partial charge in [-0.3, -0.25) is 4.79 Å². The van der Waals surface area contributed by atoms with Crippen molar-refractivity contribution >= 4 is 17.7 Å². The van der Waals surface area contributed by atoms with E-state index in [1.54, 1.807) is 0 Å². The predicted molar refractivity (Wildman–Crippen MR) is 107 cm³/mol. The Bertz CT molecular complexity index is 774. The van der Waals surface area contributed by atoms with Crippen LogP contribution < -0.4 is 0 Å². The summed E-state index contributed by atoms with van der Waals surface area (Å²) in [6.45, 7) is 11.6. The van der Waals surface area contributed by atoms with E-state index in [1.807, 2.05) is 28.8 Å². The molecule has 3 rings (SSSR count). The van der Waals surface area contributed by atoms with E-state index >= 15 is 0 Å². The molecule has 25 heavy (non-hydrogen) atoms. The first-order valence-electron chi connectivity index (χ1n) is 8.87. The van der Waals surface area contributed by atoms with Gasteiger partial charge >= 0.3 is 0 Å². The summed E-state index contributed by atoms with van der Waals surface area (Å²) in [4.78, 5) is 15.1. The molecule has 0 N–H and O–H groups in total. The van der Waals surface area contributed by atoms with Gasteiger partial charge in [-0.25, -0.2) is 0 Å². The fourth-order valence-electron chi connectivity index (χ4n) is 3.32. The van der Waals surface area contributed by atoms with Crippen molar-refractivity contribution in [3.05, 3.63) is 70.3 Å². The third kappa shape index (κ3) is 3.77. The van der Waals surface area contributed by atoms with Gasteiger partial charge in [-0.1, -0.05) is 56.7 Å². The minimum atomic E-state index is 0.104. The zero-order valence-corrected chi connectivity index (χ0v) is 16.6. The van der Waals surface area contributed by atoms with Crippen molar-refractivity contribution in [3.63, 3.8) is 0 Å². The Balaban J connectivity index is 1.86. The second-order valence-corrected chi connectivity index (χ2v) is 9.10. The summed E-state index contributed by atoms with van der Waals surface area (Å²) in [7, 11) is 0. The lowest BCUT2D eigenvalue weighted by Gasteiger charge is -2.26. The average Bonchev–Trinajstić information content (AvgIpc) is 3.03. The molecule has 0 saturated carbocycles. The van der Waals surface area contributed by atoms with E-state index in [4.69, 9.17) is 0 Å². The molecule has 1 amide bonds. The molecule has 2 nitrogen and oxygen atoms in total. The molecule has 132 valence electrons. The second kappa shape index (κ2) is 6.87. The van der Waals surface area contributed by atoms with Crippen LogP contribution in [0.3, 0.4) is 0 Å². The average molecular weight is 354 g/mol.